The van der Waals surface area contributed by atoms with Crippen molar-refractivity contribution < 1.29 is 14.7 Å². The minimum absolute atomic E-state index is 0.290. The van der Waals surface area contributed by atoms with Crippen molar-refractivity contribution in [3.05, 3.63) is 23.8 Å². The molecule has 106 valence electrons. The van der Waals surface area contributed by atoms with Gasteiger partial charge < -0.3 is 10.0 Å². The highest BCUT2D eigenvalue weighted by Gasteiger charge is 2.34. The predicted octanol–water partition coefficient (Wildman–Crippen LogP) is 1.43. The maximum absolute atomic E-state index is 12.5. The summed E-state index contributed by atoms with van der Waals surface area (Å²) < 4.78 is 0. The van der Waals surface area contributed by atoms with E-state index in [0.717, 1.165) is 25.7 Å². The zero-order valence-corrected chi connectivity index (χ0v) is 11.2. The molecule has 3 rings (SSSR count). The second-order valence-electron chi connectivity index (χ2n) is 5.42. The molecule has 1 atom stereocenters. The molecule has 1 amide bonds. The Bertz CT molecular complexity index is 542. The van der Waals surface area contributed by atoms with E-state index in [2.05, 4.69) is 9.97 Å². The largest absolute Gasteiger partial charge is 0.480 e. The van der Waals surface area contributed by atoms with Gasteiger partial charge in [-0.05, 0) is 38.2 Å². The Kier molecular flexibility index (Phi) is 3.38. The zero-order valence-electron chi connectivity index (χ0n) is 11.2. The molecular formula is C14H17N3O3. The average Bonchev–Trinajstić information content (AvgIpc) is 3.31. The van der Waals surface area contributed by atoms with E-state index in [9.17, 15) is 14.7 Å². The van der Waals surface area contributed by atoms with Crippen molar-refractivity contribution in [2.75, 3.05) is 6.54 Å². The fraction of sp³-hybridized carbons (Fsp3) is 0.571. The zero-order chi connectivity index (χ0) is 14.1. The molecule has 1 unspecified atom stereocenters. The molecule has 1 saturated carbocycles. The van der Waals surface area contributed by atoms with Gasteiger partial charge >= 0.3 is 5.97 Å². The van der Waals surface area contributed by atoms with Crippen LogP contribution in [-0.2, 0) is 4.79 Å². The molecule has 0 bridgehead atoms. The van der Waals surface area contributed by atoms with Crippen LogP contribution in [0, 0.1) is 0 Å². The van der Waals surface area contributed by atoms with E-state index in [-0.39, 0.29) is 5.91 Å². The Morgan fingerprint density at radius 1 is 1.25 bits per heavy atom. The molecule has 0 radical (unpaired) electrons. The first kappa shape index (κ1) is 13.0. The molecule has 1 aromatic rings. The van der Waals surface area contributed by atoms with E-state index >= 15 is 0 Å². The van der Waals surface area contributed by atoms with Crippen LogP contribution in [0.3, 0.4) is 0 Å². The lowest BCUT2D eigenvalue weighted by Crippen LogP contribution is -2.48. The van der Waals surface area contributed by atoms with Crippen LogP contribution in [0.2, 0.25) is 0 Å². The molecule has 1 saturated heterocycles. The summed E-state index contributed by atoms with van der Waals surface area (Å²) in [6, 6.07) is 0.845. The van der Waals surface area contributed by atoms with Crippen LogP contribution in [0.15, 0.2) is 12.3 Å². The van der Waals surface area contributed by atoms with Crippen LogP contribution in [0.4, 0.5) is 0 Å². The van der Waals surface area contributed by atoms with Crippen LogP contribution in [0.25, 0.3) is 0 Å². The van der Waals surface area contributed by atoms with Crippen molar-refractivity contribution in [1.29, 1.82) is 0 Å². The molecule has 6 nitrogen and oxygen atoms in total. The van der Waals surface area contributed by atoms with Crippen molar-refractivity contribution in [1.82, 2.24) is 14.9 Å². The molecule has 6 heteroatoms. The minimum Gasteiger partial charge on any atom is -0.480 e. The first-order valence-electron chi connectivity index (χ1n) is 7.03. The third-order valence-corrected chi connectivity index (χ3v) is 3.88. The van der Waals surface area contributed by atoms with Crippen molar-refractivity contribution in [2.45, 2.75) is 44.1 Å². The fourth-order valence-corrected chi connectivity index (χ4v) is 2.61. The van der Waals surface area contributed by atoms with Gasteiger partial charge in [-0.2, -0.15) is 0 Å². The van der Waals surface area contributed by atoms with E-state index in [1.165, 1.54) is 4.90 Å². The van der Waals surface area contributed by atoms with E-state index in [1.807, 2.05) is 0 Å². The van der Waals surface area contributed by atoms with Gasteiger partial charge in [-0.15, -0.1) is 0 Å². The van der Waals surface area contributed by atoms with Crippen LogP contribution in [0.1, 0.15) is 54.3 Å². The van der Waals surface area contributed by atoms with Crippen LogP contribution >= 0.6 is 0 Å². The maximum atomic E-state index is 12.5. The smallest absolute Gasteiger partial charge is 0.326 e. The number of hydrogen-bond donors (Lipinski definition) is 1. The lowest BCUT2D eigenvalue weighted by molar-refractivity contribution is -0.143. The summed E-state index contributed by atoms with van der Waals surface area (Å²) in [5.41, 5.74) is 0.315. The third kappa shape index (κ3) is 2.50. The number of carboxylic acid groups (broad SMARTS) is 1. The number of carbonyl (C=O) groups excluding carboxylic acids is 1. The van der Waals surface area contributed by atoms with Crippen molar-refractivity contribution in [3.8, 4) is 0 Å². The van der Waals surface area contributed by atoms with Crippen LogP contribution < -0.4 is 0 Å². The van der Waals surface area contributed by atoms with Gasteiger partial charge in [0.1, 0.15) is 17.6 Å². The second-order valence-corrected chi connectivity index (χ2v) is 5.42. The number of carboxylic acids is 1. The van der Waals surface area contributed by atoms with Gasteiger partial charge in [0.25, 0.3) is 5.91 Å². The quantitative estimate of drug-likeness (QED) is 0.902. The first-order valence-corrected chi connectivity index (χ1v) is 7.03. The standard InChI is InChI=1S/C14H17N3O3/c18-13(17-8-2-1-3-11(17)14(19)20)10-6-7-15-12(16-10)9-4-5-9/h6-7,9,11H,1-5,8H2,(H,19,20). The molecule has 1 aliphatic heterocycles. The van der Waals surface area contributed by atoms with E-state index in [4.69, 9.17) is 0 Å². The minimum atomic E-state index is -0.936. The average molecular weight is 275 g/mol. The number of aromatic nitrogens is 2. The van der Waals surface area contributed by atoms with Gasteiger partial charge in [-0.1, -0.05) is 0 Å². The lowest BCUT2D eigenvalue weighted by Gasteiger charge is -2.32. The van der Waals surface area contributed by atoms with Crippen LogP contribution in [0.5, 0.6) is 0 Å². The summed E-state index contributed by atoms with van der Waals surface area (Å²) in [6.07, 6.45) is 5.93. The monoisotopic (exact) mass is 275 g/mol. The van der Waals surface area contributed by atoms with Crippen molar-refractivity contribution in [2.24, 2.45) is 0 Å². The van der Waals surface area contributed by atoms with Gasteiger partial charge in [0.05, 0.1) is 0 Å². The number of hydrogen-bond acceptors (Lipinski definition) is 4. The fourth-order valence-electron chi connectivity index (χ4n) is 2.61. The molecule has 0 spiro atoms. The Morgan fingerprint density at radius 2 is 2.05 bits per heavy atom. The topological polar surface area (TPSA) is 83.4 Å². The number of carbonyl (C=O) groups is 2. The summed E-state index contributed by atoms with van der Waals surface area (Å²) in [4.78, 5) is 33.7. The highest BCUT2D eigenvalue weighted by Crippen LogP contribution is 2.37. The SMILES string of the molecule is O=C(O)C1CCCCN1C(=O)c1ccnc(C2CC2)n1. The third-order valence-electron chi connectivity index (χ3n) is 3.88. The molecule has 2 aliphatic rings. The number of amides is 1. The molecule has 0 aromatic carbocycles. The molecule has 1 aliphatic carbocycles. The molecule has 1 aromatic heterocycles. The molecule has 2 fully saturated rings. The molecule has 2 heterocycles. The normalized spacial score (nSPS) is 22.6. The summed E-state index contributed by atoms with van der Waals surface area (Å²) >= 11 is 0. The predicted molar refractivity (Wildman–Crippen MR) is 70.3 cm³/mol. The highest BCUT2D eigenvalue weighted by molar-refractivity contribution is 5.95. The second kappa shape index (κ2) is 5.19. The number of likely N-dealkylation sites (tertiary alicyclic amines) is 1. The Morgan fingerprint density at radius 3 is 2.75 bits per heavy atom. The van der Waals surface area contributed by atoms with Gasteiger partial charge in [-0.25, -0.2) is 14.8 Å². The van der Waals surface area contributed by atoms with Gasteiger partial charge in [0, 0.05) is 18.7 Å². The first-order chi connectivity index (χ1) is 9.66. The van der Waals surface area contributed by atoms with E-state index < -0.39 is 12.0 Å². The molecule has 1 N–H and O–H groups in total. The molecular weight excluding hydrogens is 258 g/mol. The Labute approximate surface area is 116 Å². The maximum Gasteiger partial charge on any atom is 0.326 e. The van der Waals surface area contributed by atoms with Gasteiger partial charge in [0.15, 0.2) is 0 Å². The van der Waals surface area contributed by atoms with Crippen molar-refractivity contribution in [3.63, 3.8) is 0 Å². The number of rotatable bonds is 3. The lowest BCUT2D eigenvalue weighted by atomic mass is 10.0. The highest BCUT2D eigenvalue weighted by atomic mass is 16.4. The summed E-state index contributed by atoms with van der Waals surface area (Å²) in [5.74, 6) is -0.143. The van der Waals surface area contributed by atoms with Crippen LogP contribution in [-0.4, -0.2) is 44.4 Å². The Hall–Kier alpha value is -1.98. The summed E-state index contributed by atoms with van der Waals surface area (Å²) in [7, 11) is 0. The summed E-state index contributed by atoms with van der Waals surface area (Å²) in [6.45, 7) is 0.485. The van der Waals surface area contributed by atoms with E-state index in [1.54, 1.807) is 12.3 Å². The number of aliphatic carboxylic acids is 1. The Balaban J connectivity index is 1.83. The number of nitrogens with zero attached hydrogens (tertiary/aromatic N) is 3. The van der Waals surface area contributed by atoms with Gasteiger partial charge in [0.2, 0.25) is 0 Å². The van der Waals surface area contributed by atoms with E-state index in [0.29, 0.717) is 30.4 Å². The summed E-state index contributed by atoms with van der Waals surface area (Å²) in [5, 5.41) is 9.23. The molecule has 20 heavy (non-hydrogen) atoms. The van der Waals surface area contributed by atoms with Crippen molar-refractivity contribution >= 4 is 11.9 Å². The van der Waals surface area contributed by atoms with Gasteiger partial charge in [-0.3, -0.25) is 4.79 Å². The number of piperidine rings is 1.